The summed E-state index contributed by atoms with van der Waals surface area (Å²) < 4.78 is 13.2. The third-order valence-corrected chi connectivity index (χ3v) is 4.71. The Kier molecular flexibility index (Phi) is 4.43. The van der Waals surface area contributed by atoms with E-state index in [1.54, 1.807) is 12.1 Å². The molecule has 110 valence electrons. The van der Waals surface area contributed by atoms with Crippen molar-refractivity contribution in [1.29, 1.82) is 0 Å². The van der Waals surface area contributed by atoms with Crippen LogP contribution in [0.1, 0.15) is 50.3 Å². The van der Waals surface area contributed by atoms with Crippen molar-refractivity contribution in [2.45, 2.75) is 45.6 Å². The SMILES string of the molecule is CCC(CC)(CN)C(=O)NC1CCc2cc(F)ccc21. The summed E-state index contributed by atoms with van der Waals surface area (Å²) in [5.41, 5.74) is 7.37. The van der Waals surface area contributed by atoms with E-state index in [2.05, 4.69) is 5.32 Å². The van der Waals surface area contributed by atoms with E-state index in [-0.39, 0.29) is 17.8 Å². The Bertz CT molecular complexity index is 489. The number of carbonyl (C=O) groups is 1. The van der Waals surface area contributed by atoms with Gasteiger partial charge in [-0.1, -0.05) is 19.9 Å². The van der Waals surface area contributed by atoms with Crippen molar-refractivity contribution in [2.24, 2.45) is 11.1 Å². The zero-order valence-corrected chi connectivity index (χ0v) is 12.2. The van der Waals surface area contributed by atoms with Gasteiger partial charge in [-0.25, -0.2) is 4.39 Å². The van der Waals surface area contributed by atoms with E-state index >= 15 is 0 Å². The second-order valence-electron chi connectivity index (χ2n) is 5.60. The molecule has 1 aromatic carbocycles. The lowest BCUT2D eigenvalue weighted by Crippen LogP contribution is -2.46. The number of hydrogen-bond acceptors (Lipinski definition) is 2. The van der Waals surface area contributed by atoms with Crippen LogP contribution in [0, 0.1) is 11.2 Å². The predicted octanol–water partition coefficient (Wildman–Crippen LogP) is 2.69. The van der Waals surface area contributed by atoms with Gasteiger partial charge in [-0.3, -0.25) is 4.79 Å². The monoisotopic (exact) mass is 278 g/mol. The van der Waals surface area contributed by atoms with Crippen LogP contribution >= 0.6 is 0 Å². The van der Waals surface area contributed by atoms with E-state index in [0.29, 0.717) is 6.54 Å². The topological polar surface area (TPSA) is 55.1 Å². The maximum Gasteiger partial charge on any atom is 0.227 e. The lowest BCUT2D eigenvalue weighted by atomic mass is 9.81. The average Bonchev–Trinajstić information content (AvgIpc) is 2.83. The lowest BCUT2D eigenvalue weighted by Gasteiger charge is -2.30. The van der Waals surface area contributed by atoms with E-state index in [4.69, 9.17) is 5.73 Å². The predicted molar refractivity (Wildman–Crippen MR) is 77.7 cm³/mol. The standard InChI is InChI=1S/C16H23FN2O/c1-3-16(4-2,10-18)15(20)19-14-8-5-11-9-12(17)6-7-13(11)14/h6-7,9,14H,3-5,8,10,18H2,1-2H3,(H,19,20). The van der Waals surface area contributed by atoms with Gasteiger partial charge in [0.1, 0.15) is 5.82 Å². The Morgan fingerprint density at radius 1 is 1.45 bits per heavy atom. The molecule has 1 unspecified atom stereocenters. The molecule has 3 N–H and O–H groups in total. The highest BCUT2D eigenvalue weighted by Gasteiger charge is 2.35. The van der Waals surface area contributed by atoms with Gasteiger partial charge in [0.15, 0.2) is 0 Å². The summed E-state index contributed by atoms with van der Waals surface area (Å²) in [6.45, 7) is 4.34. The molecule has 2 rings (SSSR count). The van der Waals surface area contributed by atoms with E-state index in [1.807, 2.05) is 13.8 Å². The third-order valence-electron chi connectivity index (χ3n) is 4.71. The number of carbonyl (C=O) groups excluding carboxylic acids is 1. The summed E-state index contributed by atoms with van der Waals surface area (Å²) >= 11 is 0. The molecular weight excluding hydrogens is 255 g/mol. The van der Waals surface area contributed by atoms with Crippen molar-refractivity contribution < 1.29 is 9.18 Å². The fraction of sp³-hybridized carbons (Fsp3) is 0.562. The number of halogens is 1. The molecule has 3 nitrogen and oxygen atoms in total. The maximum atomic E-state index is 13.2. The molecule has 0 aliphatic heterocycles. The number of fused-ring (bicyclic) bond motifs is 1. The van der Waals surface area contributed by atoms with Gasteiger partial charge in [0.2, 0.25) is 5.91 Å². The summed E-state index contributed by atoms with van der Waals surface area (Å²) in [6.07, 6.45) is 3.11. The van der Waals surface area contributed by atoms with E-state index in [0.717, 1.165) is 36.8 Å². The Balaban J connectivity index is 2.15. The fourth-order valence-corrected chi connectivity index (χ4v) is 3.00. The number of aryl methyl sites for hydroxylation is 1. The van der Waals surface area contributed by atoms with Gasteiger partial charge in [0.25, 0.3) is 0 Å². The Labute approximate surface area is 119 Å². The van der Waals surface area contributed by atoms with E-state index in [9.17, 15) is 9.18 Å². The van der Waals surface area contributed by atoms with Crippen molar-refractivity contribution >= 4 is 5.91 Å². The fourth-order valence-electron chi connectivity index (χ4n) is 3.00. The normalized spacial score (nSPS) is 17.9. The third kappa shape index (κ3) is 2.57. The molecular formula is C16H23FN2O. The summed E-state index contributed by atoms with van der Waals surface area (Å²) in [7, 11) is 0. The molecule has 0 bridgehead atoms. The highest BCUT2D eigenvalue weighted by Crippen LogP contribution is 2.33. The molecule has 1 aliphatic rings. The molecule has 1 aromatic rings. The van der Waals surface area contributed by atoms with Gasteiger partial charge in [-0.05, 0) is 48.9 Å². The van der Waals surface area contributed by atoms with Crippen molar-refractivity contribution in [2.75, 3.05) is 6.54 Å². The summed E-state index contributed by atoms with van der Waals surface area (Å²) in [4.78, 5) is 12.5. The molecule has 0 saturated heterocycles. The molecule has 1 atom stereocenters. The minimum Gasteiger partial charge on any atom is -0.349 e. The largest absolute Gasteiger partial charge is 0.349 e. The minimum absolute atomic E-state index is 0.0119. The van der Waals surface area contributed by atoms with Crippen molar-refractivity contribution in [3.05, 3.63) is 35.1 Å². The average molecular weight is 278 g/mol. The molecule has 0 saturated carbocycles. The van der Waals surface area contributed by atoms with Crippen LogP contribution in [0.4, 0.5) is 4.39 Å². The van der Waals surface area contributed by atoms with Gasteiger partial charge >= 0.3 is 0 Å². The second-order valence-corrected chi connectivity index (χ2v) is 5.60. The van der Waals surface area contributed by atoms with Crippen molar-refractivity contribution in [3.8, 4) is 0 Å². The number of rotatable bonds is 5. The Hall–Kier alpha value is -1.42. The Morgan fingerprint density at radius 2 is 2.15 bits per heavy atom. The molecule has 0 radical (unpaired) electrons. The van der Waals surface area contributed by atoms with E-state index in [1.165, 1.54) is 6.07 Å². The first-order valence-corrected chi connectivity index (χ1v) is 7.35. The number of nitrogens with one attached hydrogen (secondary N) is 1. The smallest absolute Gasteiger partial charge is 0.227 e. The van der Waals surface area contributed by atoms with Gasteiger partial charge in [0, 0.05) is 6.54 Å². The minimum atomic E-state index is -0.483. The zero-order chi connectivity index (χ0) is 14.8. The highest BCUT2D eigenvalue weighted by atomic mass is 19.1. The van der Waals surface area contributed by atoms with Crippen LogP contribution in [0.5, 0.6) is 0 Å². The first-order valence-electron chi connectivity index (χ1n) is 7.35. The highest BCUT2D eigenvalue weighted by molar-refractivity contribution is 5.83. The van der Waals surface area contributed by atoms with Crippen molar-refractivity contribution in [3.63, 3.8) is 0 Å². The van der Waals surface area contributed by atoms with Crippen LogP contribution in [0.25, 0.3) is 0 Å². The maximum absolute atomic E-state index is 13.2. The van der Waals surface area contributed by atoms with Crippen LogP contribution in [0.3, 0.4) is 0 Å². The molecule has 1 amide bonds. The summed E-state index contributed by atoms with van der Waals surface area (Å²) in [6, 6.07) is 4.79. The van der Waals surface area contributed by atoms with Gasteiger partial charge in [-0.15, -0.1) is 0 Å². The lowest BCUT2D eigenvalue weighted by molar-refractivity contribution is -0.131. The van der Waals surface area contributed by atoms with Gasteiger partial charge in [-0.2, -0.15) is 0 Å². The van der Waals surface area contributed by atoms with Crippen LogP contribution in [0.15, 0.2) is 18.2 Å². The molecule has 0 heterocycles. The number of benzene rings is 1. The molecule has 0 fully saturated rings. The molecule has 4 heteroatoms. The quantitative estimate of drug-likeness (QED) is 0.870. The zero-order valence-electron chi connectivity index (χ0n) is 12.2. The number of nitrogens with two attached hydrogens (primary N) is 1. The summed E-state index contributed by atoms with van der Waals surface area (Å²) in [5, 5.41) is 3.11. The van der Waals surface area contributed by atoms with Crippen LogP contribution in [-0.4, -0.2) is 12.5 Å². The second kappa shape index (κ2) is 5.92. The Morgan fingerprint density at radius 3 is 2.75 bits per heavy atom. The molecule has 1 aliphatic carbocycles. The van der Waals surface area contributed by atoms with Crippen LogP contribution in [-0.2, 0) is 11.2 Å². The first-order chi connectivity index (χ1) is 9.56. The van der Waals surface area contributed by atoms with Gasteiger partial charge in [0.05, 0.1) is 11.5 Å². The van der Waals surface area contributed by atoms with Crippen LogP contribution < -0.4 is 11.1 Å². The van der Waals surface area contributed by atoms with Crippen LogP contribution in [0.2, 0.25) is 0 Å². The first kappa shape index (κ1) is 15.0. The van der Waals surface area contributed by atoms with Crippen molar-refractivity contribution in [1.82, 2.24) is 5.32 Å². The number of hydrogen-bond donors (Lipinski definition) is 2. The van der Waals surface area contributed by atoms with E-state index < -0.39 is 5.41 Å². The molecule has 0 spiro atoms. The number of amides is 1. The molecule has 20 heavy (non-hydrogen) atoms. The van der Waals surface area contributed by atoms with Gasteiger partial charge < -0.3 is 11.1 Å². The summed E-state index contributed by atoms with van der Waals surface area (Å²) in [5.74, 6) is -0.193. The molecule has 0 aromatic heterocycles.